The average Bonchev–Trinajstić information content (AvgIpc) is 3.37. The molecule has 9 heteroatoms. The van der Waals surface area contributed by atoms with Gasteiger partial charge in [-0.15, -0.1) is 0 Å². The van der Waals surface area contributed by atoms with Gasteiger partial charge in [-0.25, -0.2) is 22.5 Å². The maximum absolute atomic E-state index is 13.5. The summed E-state index contributed by atoms with van der Waals surface area (Å²) in [4.78, 5) is 26.3. The number of hydrogen-bond acceptors (Lipinski definition) is 6. The molecule has 1 aliphatic heterocycles. The summed E-state index contributed by atoms with van der Waals surface area (Å²) in [6.45, 7) is -0.485. The van der Waals surface area contributed by atoms with E-state index in [0.29, 0.717) is 0 Å². The third kappa shape index (κ3) is 5.61. The van der Waals surface area contributed by atoms with Gasteiger partial charge in [-0.3, -0.25) is 4.79 Å². The van der Waals surface area contributed by atoms with Crippen molar-refractivity contribution in [2.75, 3.05) is 20.7 Å². The number of fused-ring (bicyclic) bond motifs is 1. The van der Waals surface area contributed by atoms with Gasteiger partial charge < -0.3 is 4.74 Å². The number of benzene rings is 3. The van der Waals surface area contributed by atoms with Crippen molar-refractivity contribution < 1.29 is 22.7 Å². The summed E-state index contributed by atoms with van der Waals surface area (Å²) in [6, 6.07) is 25.0. The standard InChI is InChI=1S/C31H31N3O5S/c1-33(2)40(37,38)26-18-16-24(17-19-26)31(36)39-21-28(35)34-30(23-12-7-4-8-13-23)27-15-9-14-25(29(27)32-34)20-22-10-5-3-6-11-22/h3-8,10-13,16-20,27,30H,9,14-15,21H2,1-2H3. The lowest BCUT2D eigenvalue weighted by Gasteiger charge is -2.29. The maximum atomic E-state index is 13.5. The number of hydrazone groups is 1. The highest BCUT2D eigenvalue weighted by atomic mass is 32.2. The predicted octanol–water partition coefficient (Wildman–Crippen LogP) is 4.92. The summed E-state index contributed by atoms with van der Waals surface area (Å²) in [5.74, 6) is -1.10. The van der Waals surface area contributed by atoms with Crippen molar-refractivity contribution in [3.63, 3.8) is 0 Å². The molecule has 8 nitrogen and oxygen atoms in total. The third-order valence-corrected chi connectivity index (χ3v) is 9.06. The Labute approximate surface area is 234 Å². The van der Waals surface area contributed by atoms with Crippen LogP contribution < -0.4 is 0 Å². The molecule has 3 aromatic rings. The molecule has 1 saturated carbocycles. The Balaban J connectivity index is 1.36. The van der Waals surface area contributed by atoms with Crippen LogP contribution in [-0.4, -0.2) is 56.0 Å². The predicted molar refractivity (Wildman–Crippen MR) is 153 cm³/mol. The van der Waals surface area contributed by atoms with Crippen molar-refractivity contribution in [1.29, 1.82) is 0 Å². The molecule has 2 atom stereocenters. The van der Waals surface area contributed by atoms with Crippen LogP contribution in [0.15, 0.2) is 100 Å². The molecule has 1 aliphatic carbocycles. The van der Waals surface area contributed by atoms with Gasteiger partial charge in [0.25, 0.3) is 5.91 Å². The monoisotopic (exact) mass is 557 g/mol. The number of ether oxygens (including phenoxy) is 1. The van der Waals surface area contributed by atoms with E-state index >= 15 is 0 Å². The molecular formula is C31H31N3O5S. The van der Waals surface area contributed by atoms with E-state index in [1.807, 2.05) is 60.7 Å². The topological polar surface area (TPSA) is 96.3 Å². The van der Waals surface area contributed by atoms with Crippen molar-refractivity contribution in [3.05, 3.63) is 107 Å². The van der Waals surface area contributed by atoms with Crippen LogP contribution in [0.25, 0.3) is 6.08 Å². The SMILES string of the molecule is CN(C)S(=O)(=O)c1ccc(C(=O)OCC(=O)N2N=C3C(=Cc4ccccc4)CCCC3C2c2ccccc2)cc1. The quantitative estimate of drug-likeness (QED) is 0.385. The number of hydrogen-bond donors (Lipinski definition) is 0. The number of carbonyl (C=O) groups is 2. The molecule has 40 heavy (non-hydrogen) atoms. The molecule has 3 aromatic carbocycles. The molecule has 0 spiro atoms. The highest BCUT2D eigenvalue weighted by molar-refractivity contribution is 7.89. The molecular weight excluding hydrogens is 526 g/mol. The molecule has 1 amide bonds. The van der Waals surface area contributed by atoms with E-state index in [2.05, 4.69) is 6.08 Å². The molecule has 0 radical (unpaired) electrons. The largest absolute Gasteiger partial charge is 0.452 e. The second-order valence-electron chi connectivity index (χ2n) is 10.0. The first-order chi connectivity index (χ1) is 19.3. The van der Waals surface area contributed by atoms with Gasteiger partial charge in [0.15, 0.2) is 6.61 Å². The van der Waals surface area contributed by atoms with E-state index in [-0.39, 0.29) is 22.4 Å². The van der Waals surface area contributed by atoms with Crippen molar-refractivity contribution in [1.82, 2.24) is 9.31 Å². The number of sulfonamides is 1. The highest BCUT2D eigenvalue weighted by Crippen LogP contribution is 2.44. The van der Waals surface area contributed by atoms with Gasteiger partial charge in [0.2, 0.25) is 10.0 Å². The van der Waals surface area contributed by atoms with E-state index in [4.69, 9.17) is 9.84 Å². The van der Waals surface area contributed by atoms with E-state index in [0.717, 1.165) is 46.0 Å². The number of esters is 1. The summed E-state index contributed by atoms with van der Waals surface area (Å²) in [6.07, 6.45) is 4.90. The van der Waals surface area contributed by atoms with Crippen molar-refractivity contribution in [2.24, 2.45) is 11.0 Å². The van der Waals surface area contributed by atoms with E-state index < -0.39 is 28.5 Å². The smallest absolute Gasteiger partial charge is 0.338 e. The van der Waals surface area contributed by atoms with Gasteiger partial charge in [0.1, 0.15) is 0 Å². The van der Waals surface area contributed by atoms with Crippen LogP contribution in [0.3, 0.4) is 0 Å². The average molecular weight is 558 g/mol. The Hall–Kier alpha value is -4.08. The van der Waals surface area contributed by atoms with Crippen LogP contribution in [0.5, 0.6) is 0 Å². The Morgan fingerprint density at radius 2 is 1.62 bits per heavy atom. The van der Waals surface area contributed by atoms with Crippen LogP contribution in [0, 0.1) is 5.92 Å². The molecule has 0 aromatic heterocycles. The van der Waals surface area contributed by atoms with Crippen LogP contribution in [-0.2, 0) is 19.6 Å². The summed E-state index contributed by atoms with van der Waals surface area (Å²) < 4.78 is 31.1. The van der Waals surface area contributed by atoms with Gasteiger partial charge >= 0.3 is 5.97 Å². The zero-order chi connectivity index (χ0) is 28.3. The fourth-order valence-electron chi connectivity index (χ4n) is 5.19. The first-order valence-electron chi connectivity index (χ1n) is 13.2. The van der Waals surface area contributed by atoms with Gasteiger partial charge in [-0.05, 0) is 66.3 Å². The zero-order valence-corrected chi connectivity index (χ0v) is 23.3. The minimum Gasteiger partial charge on any atom is -0.452 e. The van der Waals surface area contributed by atoms with Gasteiger partial charge in [-0.2, -0.15) is 5.10 Å². The van der Waals surface area contributed by atoms with Crippen LogP contribution in [0.2, 0.25) is 0 Å². The second-order valence-corrected chi connectivity index (χ2v) is 12.2. The molecule has 2 aliphatic rings. The summed E-state index contributed by atoms with van der Waals surface area (Å²) >= 11 is 0. The number of allylic oxidation sites excluding steroid dienone is 1. The Bertz CT molecular complexity index is 1550. The van der Waals surface area contributed by atoms with Crippen LogP contribution in [0.4, 0.5) is 0 Å². The van der Waals surface area contributed by atoms with E-state index in [1.165, 1.54) is 43.4 Å². The van der Waals surface area contributed by atoms with E-state index in [1.54, 1.807) is 0 Å². The molecule has 5 rings (SSSR count). The lowest BCUT2D eigenvalue weighted by Crippen LogP contribution is -2.34. The first kappa shape index (κ1) is 27.5. The van der Waals surface area contributed by atoms with Crippen LogP contribution >= 0.6 is 0 Å². The fraction of sp³-hybridized carbons (Fsp3) is 0.258. The molecule has 2 unspecified atom stereocenters. The third-order valence-electron chi connectivity index (χ3n) is 7.23. The lowest BCUT2D eigenvalue weighted by molar-refractivity contribution is -0.137. The highest BCUT2D eigenvalue weighted by Gasteiger charge is 2.43. The molecule has 0 N–H and O–H groups in total. The zero-order valence-electron chi connectivity index (χ0n) is 22.4. The number of carbonyl (C=O) groups excluding carboxylic acids is 2. The lowest BCUT2D eigenvalue weighted by atomic mass is 9.77. The van der Waals surface area contributed by atoms with Gasteiger partial charge in [0, 0.05) is 20.0 Å². The number of rotatable bonds is 7. The Morgan fingerprint density at radius 3 is 2.27 bits per heavy atom. The molecule has 1 fully saturated rings. The van der Waals surface area contributed by atoms with Gasteiger partial charge in [0.05, 0.1) is 22.2 Å². The van der Waals surface area contributed by atoms with Gasteiger partial charge in [-0.1, -0.05) is 60.7 Å². The summed E-state index contributed by atoms with van der Waals surface area (Å²) in [7, 11) is -0.753. The fourth-order valence-corrected chi connectivity index (χ4v) is 6.09. The molecule has 206 valence electrons. The second kappa shape index (κ2) is 11.6. The molecule has 1 heterocycles. The minimum atomic E-state index is -3.62. The van der Waals surface area contributed by atoms with Crippen molar-refractivity contribution in [2.45, 2.75) is 30.2 Å². The van der Waals surface area contributed by atoms with Crippen molar-refractivity contribution in [3.8, 4) is 0 Å². The van der Waals surface area contributed by atoms with E-state index in [9.17, 15) is 18.0 Å². The molecule has 0 saturated heterocycles. The maximum Gasteiger partial charge on any atom is 0.338 e. The van der Waals surface area contributed by atoms with Crippen LogP contribution in [0.1, 0.15) is 46.8 Å². The molecule has 0 bridgehead atoms. The minimum absolute atomic E-state index is 0.0388. The van der Waals surface area contributed by atoms with Crippen molar-refractivity contribution >= 4 is 33.7 Å². The summed E-state index contributed by atoms with van der Waals surface area (Å²) in [5.41, 5.74) is 4.23. The number of nitrogens with zero attached hydrogens (tertiary/aromatic N) is 3. The Morgan fingerprint density at radius 1 is 0.975 bits per heavy atom. The Kier molecular flexibility index (Phi) is 7.95. The summed E-state index contributed by atoms with van der Waals surface area (Å²) in [5, 5.41) is 6.29. The first-order valence-corrected chi connectivity index (χ1v) is 14.6. The normalized spacial score (nSPS) is 19.8. The number of amides is 1.